The molecule has 5 heteroatoms. The lowest BCUT2D eigenvalue weighted by Gasteiger charge is -2.25. The Morgan fingerprint density at radius 2 is 1.74 bits per heavy atom. The van der Waals surface area contributed by atoms with E-state index in [0.717, 1.165) is 28.6 Å². The number of nitrogens with zero attached hydrogens (tertiary/aromatic N) is 1. The Labute approximate surface area is 140 Å². The van der Waals surface area contributed by atoms with E-state index in [0.29, 0.717) is 13.0 Å². The number of benzene rings is 2. The first-order chi connectivity index (χ1) is 10.9. The van der Waals surface area contributed by atoms with Crippen LogP contribution in [0.3, 0.4) is 0 Å². The van der Waals surface area contributed by atoms with Crippen molar-refractivity contribution < 1.29 is 9.47 Å². The van der Waals surface area contributed by atoms with Crippen LogP contribution in [0.15, 0.2) is 60.8 Å². The molecule has 23 heavy (non-hydrogen) atoms. The quantitative estimate of drug-likeness (QED) is 0.793. The maximum absolute atomic E-state index is 5.97. The summed E-state index contributed by atoms with van der Waals surface area (Å²) in [5.74, 6) is 2.52. The predicted octanol–water partition coefficient (Wildman–Crippen LogP) is 3.88. The lowest BCUT2D eigenvalue weighted by Crippen LogP contribution is -2.31. The molecule has 0 bridgehead atoms. The zero-order valence-corrected chi connectivity index (χ0v) is 13.3. The molecule has 4 rings (SSSR count). The van der Waals surface area contributed by atoms with Crippen LogP contribution < -0.4 is 9.47 Å². The average molecular weight is 329 g/mol. The second-order valence-electron chi connectivity index (χ2n) is 5.31. The van der Waals surface area contributed by atoms with E-state index in [9.17, 15) is 0 Å². The molecule has 3 aromatic rings. The molecule has 0 amide bonds. The van der Waals surface area contributed by atoms with Gasteiger partial charge in [0, 0.05) is 6.42 Å². The zero-order chi connectivity index (χ0) is 14.8. The molecule has 2 aromatic carbocycles. The van der Waals surface area contributed by atoms with Gasteiger partial charge in [-0.3, -0.25) is 0 Å². The fourth-order valence-corrected chi connectivity index (χ4v) is 2.61. The molecule has 1 atom stereocenters. The van der Waals surface area contributed by atoms with Crippen molar-refractivity contribution in [1.82, 2.24) is 9.97 Å². The molecule has 1 aromatic heterocycles. The topological polar surface area (TPSA) is 47.1 Å². The first-order valence-electron chi connectivity index (χ1n) is 7.36. The van der Waals surface area contributed by atoms with Crippen LogP contribution in [-0.4, -0.2) is 22.7 Å². The van der Waals surface area contributed by atoms with Crippen molar-refractivity contribution in [1.29, 1.82) is 0 Å². The summed E-state index contributed by atoms with van der Waals surface area (Å²) in [5, 5.41) is 0. The fraction of sp³-hybridized carbons (Fsp3) is 0.167. The molecular formula is C18H17ClN2O2. The Morgan fingerprint density at radius 1 is 1.00 bits per heavy atom. The molecule has 0 radical (unpaired) electrons. The third-order valence-electron chi connectivity index (χ3n) is 3.70. The number of fused-ring (bicyclic) bond motifs is 1. The summed E-state index contributed by atoms with van der Waals surface area (Å²) in [6, 6.07) is 17.9. The summed E-state index contributed by atoms with van der Waals surface area (Å²) >= 11 is 0. The minimum atomic E-state index is -0.0235. The lowest BCUT2D eigenvalue weighted by molar-refractivity contribution is 0.0900. The summed E-state index contributed by atoms with van der Waals surface area (Å²) in [6.45, 7) is 0.540. The van der Waals surface area contributed by atoms with Crippen LogP contribution in [0.1, 0.15) is 5.82 Å². The summed E-state index contributed by atoms with van der Waals surface area (Å²) < 4.78 is 11.7. The highest BCUT2D eigenvalue weighted by Crippen LogP contribution is 2.31. The van der Waals surface area contributed by atoms with E-state index >= 15 is 0 Å². The third kappa shape index (κ3) is 3.32. The van der Waals surface area contributed by atoms with Crippen molar-refractivity contribution in [2.24, 2.45) is 0 Å². The standard InChI is InChI=1S/C18H16N2O2.ClH/c1-2-6-13(7-3-1)15-11-19-18(20-15)10-14-12-21-16-8-4-5-9-17(16)22-14;/h1-9,11,14H,10,12H2,(H,19,20);1H. The van der Waals surface area contributed by atoms with Crippen LogP contribution in [0, 0.1) is 0 Å². The summed E-state index contributed by atoms with van der Waals surface area (Å²) in [5.41, 5.74) is 2.15. The maximum atomic E-state index is 5.97. The number of imidazole rings is 1. The summed E-state index contributed by atoms with van der Waals surface area (Å²) in [7, 11) is 0. The zero-order valence-electron chi connectivity index (χ0n) is 12.4. The van der Waals surface area contributed by atoms with E-state index in [1.54, 1.807) is 0 Å². The minimum absolute atomic E-state index is 0. The molecule has 118 valence electrons. The van der Waals surface area contributed by atoms with Crippen molar-refractivity contribution in [2.75, 3.05) is 6.61 Å². The van der Waals surface area contributed by atoms with Crippen LogP contribution in [0.25, 0.3) is 11.3 Å². The van der Waals surface area contributed by atoms with Crippen LogP contribution in [0.2, 0.25) is 0 Å². The van der Waals surface area contributed by atoms with E-state index in [1.807, 2.05) is 48.7 Å². The Kier molecular flexibility index (Phi) is 4.53. The molecule has 1 unspecified atom stereocenters. The Hall–Kier alpha value is -2.46. The van der Waals surface area contributed by atoms with Gasteiger partial charge in [0.15, 0.2) is 11.5 Å². The van der Waals surface area contributed by atoms with Gasteiger partial charge in [0.1, 0.15) is 18.5 Å². The second-order valence-corrected chi connectivity index (χ2v) is 5.31. The van der Waals surface area contributed by atoms with Gasteiger partial charge in [-0.25, -0.2) is 4.98 Å². The van der Waals surface area contributed by atoms with Gasteiger partial charge in [0.05, 0.1) is 11.9 Å². The molecule has 1 aliphatic heterocycles. The molecule has 2 heterocycles. The number of ether oxygens (including phenoxy) is 2. The van der Waals surface area contributed by atoms with Gasteiger partial charge >= 0.3 is 0 Å². The minimum Gasteiger partial charge on any atom is -0.486 e. The number of aromatic amines is 1. The Bertz CT molecular complexity index is 773. The molecule has 1 N–H and O–H groups in total. The van der Waals surface area contributed by atoms with Crippen molar-refractivity contribution >= 4 is 12.4 Å². The van der Waals surface area contributed by atoms with Crippen LogP contribution in [-0.2, 0) is 6.42 Å². The number of H-pyrrole nitrogens is 1. The van der Waals surface area contributed by atoms with E-state index in [2.05, 4.69) is 22.1 Å². The van der Waals surface area contributed by atoms with E-state index < -0.39 is 0 Å². The van der Waals surface area contributed by atoms with E-state index in [4.69, 9.17) is 9.47 Å². The van der Waals surface area contributed by atoms with Gasteiger partial charge in [0.2, 0.25) is 0 Å². The Morgan fingerprint density at radius 3 is 2.57 bits per heavy atom. The van der Waals surface area contributed by atoms with E-state index in [-0.39, 0.29) is 18.5 Å². The van der Waals surface area contributed by atoms with Gasteiger partial charge in [0.25, 0.3) is 0 Å². The molecule has 0 saturated carbocycles. The smallest absolute Gasteiger partial charge is 0.161 e. The lowest BCUT2D eigenvalue weighted by atomic mass is 10.2. The highest BCUT2D eigenvalue weighted by Gasteiger charge is 2.22. The van der Waals surface area contributed by atoms with Crippen molar-refractivity contribution in [3.63, 3.8) is 0 Å². The van der Waals surface area contributed by atoms with Gasteiger partial charge in [-0.15, -0.1) is 12.4 Å². The number of para-hydroxylation sites is 2. The highest BCUT2D eigenvalue weighted by molar-refractivity contribution is 5.85. The largest absolute Gasteiger partial charge is 0.486 e. The maximum Gasteiger partial charge on any atom is 0.161 e. The van der Waals surface area contributed by atoms with Crippen LogP contribution in [0.5, 0.6) is 11.5 Å². The number of aromatic nitrogens is 2. The second kappa shape index (κ2) is 6.75. The van der Waals surface area contributed by atoms with Gasteiger partial charge in [-0.1, -0.05) is 42.5 Å². The molecule has 4 nitrogen and oxygen atoms in total. The monoisotopic (exact) mass is 328 g/mol. The van der Waals surface area contributed by atoms with Crippen LogP contribution >= 0.6 is 12.4 Å². The predicted molar refractivity (Wildman–Crippen MR) is 91.3 cm³/mol. The normalized spacial score (nSPS) is 15.7. The molecule has 0 spiro atoms. The first kappa shape index (κ1) is 15.4. The molecule has 1 aliphatic rings. The van der Waals surface area contributed by atoms with Crippen LogP contribution in [0.4, 0.5) is 0 Å². The average Bonchev–Trinajstić information content (AvgIpc) is 3.04. The molecule has 0 saturated heterocycles. The SMILES string of the molecule is Cl.c1ccc(-c2cnc(CC3COc4ccccc4O3)[nH]2)cc1. The number of hydrogen-bond donors (Lipinski definition) is 1. The first-order valence-corrected chi connectivity index (χ1v) is 7.36. The summed E-state index contributed by atoms with van der Waals surface area (Å²) in [4.78, 5) is 7.81. The number of halogens is 1. The highest BCUT2D eigenvalue weighted by atomic mass is 35.5. The number of rotatable bonds is 3. The fourth-order valence-electron chi connectivity index (χ4n) is 2.61. The molecule has 0 fully saturated rings. The van der Waals surface area contributed by atoms with Crippen molar-refractivity contribution in [3.05, 3.63) is 66.6 Å². The molecular weight excluding hydrogens is 312 g/mol. The Balaban J connectivity index is 0.00000156. The number of hydrogen-bond acceptors (Lipinski definition) is 3. The van der Waals surface area contributed by atoms with Crippen molar-refractivity contribution in [3.8, 4) is 22.8 Å². The van der Waals surface area contributed by atoms with Gasteiger partial charge < -0.3 is 14.5 Å². The van der Waals surface area contributed by atoms with E-state index in [1.165, 1.54) is 0 Å². The summed E-state index contributed by atoms with van der Waals surface area (Å²) in [6.07, 6.45) is 2.54. The van der Waals surface area contributed by atoms with Gasteiger partial charge in [-0.05, 0) is 17.7 Å². The van der Waals surface area contributed by atoms with Gasteiger partial charge in [-0.2, -0.15) is 0 Å². The van der Waals surface area contributed by atoms with Crippen molar-refractivity contribution in [2.45, 2.75) is 12.5 Å². The third-order valence-corrected chi connectivity index (χ3v) is 3.70. The molecule has 0 aliphatic carbocycles. The number of nitrogens with one attached hydrogen (secondary N) is 1.